The number of aryl methyl sites for hydroxylation is 1. The monoisotopic (exact) mass is 251 g/mol. The summed E-state index contributed by atoms with van der Waals surface area (Å²) in [4.78, 5) is 0. The van der Waals surface area contributed by atoms with E-state index >= 15 is 0 Å². The van der Waals surface area contributed by atoms with Gasteiger partial charge in [-0.05, 0) is 43.5 Å². The van der Waals surface area contributed by atoms with Crippen molar-refractivity contribution in [2.45, 2.75) is 34.6 Å². The van der Waals surface area contributed by atoms with Gasteiger partial charge in [0.1, 0.15) is 5.75 Å². The predicted molar refractivity (Wildman–Crippen MR) is 76.6 cm³/mol. The molecule has 0 saturated carbocycles. The van der Waals surface area contributed by atoms with E-state index in [9.17, 15) is 5.11 Å². The summed E-state index contributed by atoms with van der Waals surface area (Å²) < 4.78 is 5.36. The Balaban J connectivity index is 3.00. The van der Waals surface area contributed by atoms with Gasteiger partial charge < -0.3 is 15.2 Å². The molecule has 0 bridgehead atoms. The van der Waals surface area contributed by atoms with Gasteiger partial charge in [0, 0.05) is 24.3 Å². The molecule has 18 heavy (non-hydrogen) atoms. The Morgan fingerprint density at radius 2 is 1.83 bits per heavy atom. The van der Waals surface area contributed by atoms with Gasteiger partial charge in [0.2, 0.25) is 0 Å². The van der Waals surface area contributed by atoms with Crippen LogP contribution in [0.1, 0.15) is 30.5 Å². The number of aliphatic hydroxyl groups excluding tert-OH is 1. The molecule has 1 rings (SSSR count). The van der Waals surface area contributed by atoms with Crippen molar-refractivity contribution < 1.29 is 9.84 Å². The minimum Gasteiger partial charge on any atom is -0.496 e. The van der Waals surface area contributed by atoms with Gasteiger partial charge in [-0.15, -0.1) is 0 Å². The Morgan fingerprint density at radius 3 is 2.33 bits per heavy atom. The fraction of sp³-hybridized carbons (Fsp3) is 0.600. The van der Waals surface area contributed by atoms with Gasteiger partial charge in [-0.2, -0.15) is 0 Å². The maximum atomic E-state index is 9.29. The highest BCUT2D eigenvalue weighted by Crippen LogP contribution is 2.31. The highest BCUT2D eigenvalue weighted by atomic mass is 16.5. The van der Waals surface area contributed by atoms with E-state index in [1.807, 2.05) is 13.8 Å². The number of nitrogens with one attached hydrogen (secondary N) is 1. The summed E-state index contributed by atoms with van der Waals surface area (Å²) >= 11 is 0. The van der Waals surface area contributed by atoms with Gasteiger partial charge in [0.05, 0.1) is 7.11 Å². The number of anilines is 1. The molecular formula is C15H25NO2. The molecule has 1 aromatic rings. The Hall–Kier alpha value is -1.22. The lowest BCUT2D eigenvalue weighted by molar-refractivity contribution is 0.171. The van der Waals surface area contributed by atoms with E-state index in [1.165, 1.54) is 11.1 Å². The summed E-state index contributed by atoms with van der Waals surface area (Å²) in [5.41, 5.74) is 4.57. The molecule has 0 aliphatic carbocycles. The Bertz CT molecular complexity index is 425. The lowest BCUT2D eigenvalue weighted by atomic mass is 9.94. The number of hydrogen-bond donors (Lipinski definition) is 2. The van der Waals surface area contributed by atoms with E-state index in [1.54, 1.807) is 7.11 Å². The lowest BCUT2D eigenvalue weighted by Gasteiger charge is -2.25. The summed E-state index contributed by atoms with van der Waals surface area (Å²) in [6, 6.07) is 2.05. The van der Waals surface area contributed by atoms with E-state index in [2.05, 4.69) is 32.2 Å². The average molecular weight is 251 g/mol. The molecule has 0 fully saturated rings. The molecular weight excluding hydrogens is 226 g/mol. The van der Waals surface area contributed by atoms with Gasteiger partial charge in [0.25, 0.3) is 0 Å². The van der Waals surface area contributed by atoms with Crippen molar-refractivity contribution in [3.8, 4) is 5.75 Å². The molecule has 3 nitrogen and oxygen atoms in total. The van der Waals surface area contributed by atoms with Crippen LogP contribution in [-0.4, -0.2) is 25.4 Å². The maximum Gasteiger partial charge on any atom is 0.122 e. The first-order valence-electron chi connectivity index (χ1n) is 6.32. The van der Waals surface area contributed by atoms with Crippen LogP contribution in [0.25, 0.3) is 0 Å². The van der Waals surface area contributed by atoms with Crippen LogP contribution in [0.3, 0.4) is 0 Å². The second-order valence-electron chi connectivity index (χ2n) is 5.70. The number of rotatable bonds is 5. The molecule has 102 valence electrons. The van der Waals surface area contributed by atoms with Gasteiger partial charge in [-0.1, -0.05) is 13.8 Å². The Kier molecular flexibility index (Phi) is 4.63. The van der Waals surface area contributed by atoms with Crippen LogP contribution in [-0.2, 0) is 0 Å². The van der Waals surface area contributed by atoms with E-state index in [4.69, 9.17) is 4.74 Å². The number of ether oxygens (including phenoxy) is 1. The van der Waals surface area contributed by atoms with Gasteiger partial charge >= 0.3 is 0 Å². The molecule has 0 amide bonds. The van der Waals surface area contributed by atoms with Gasteiger partial charge in [-0.3, -0.25) is 0 Å². The Morgan fingerprint density at radius 1 is 1.22 bits per heavy atom. The standard InChI is InChI=1S/C15H25NO2/c1-10-7-13(18-6)11(2)12(3)14(10)16-8-15(4,5)9-17/h7,16-17H,8-9H2,1-6H3. The molecule has 0 heterocycles. The molecule has 0 saturated heterocycles. The predicted octanol–water partition coefficient (Wildman–Crippen LogP) is 3.05. The molecule has 0 spiro atoms. The number of methoxy groups -OCH3 is 1. The van der Waals surface area contributed by atoms with E-state index < -0.39 is 0 Å². The summed E-state index contributed by atoms with van der Waals surface area (Å²) in [6.45, 7) is 11.2. The van der Waals surface area contributed by atoms with Crippen molar-refractivity contribution in [3.63, 3.8) is 0 Å². The molecule has 0 aromatic heterocycles. The molecule has 2 N–H and O–H groups in total. The zero-order valence-corrected chi connectivity index (χ0v) is 12.3. The molecule has 0 atom stereocenters. The summed E-state index contributed by atoms with van der Waals surface area (Å²) in [7, 11) is 1.70. The largest absolute Gasteiger partial charge is 0.496 e. The zero-order chi connectivity index (χ0) is 13.9. The van der Waals surface area contributed by atoms with Crippen LogP contribution >= 0.6 is 0 Å². The van der Waals surface area contributed by atoms with Crippen molar-refractivity contribution in [2.75, 3.05) is 25.6 Å². The summed E-state index contributed by atoms with van der Waals surface area (Å²) in [5, 5.41) is 12.7. The molecule has 0 aliphatic rings. The highest BCUT2D eigenvalue weighted by Gasteiger charge is 2.18. The van der Waals surface area contributed by atoms with Crippen LogP contribution in [0.2, 0.25) is 0 Å². The van der Waals surface area contributed by atoms with Crippen molar-refractivity contribution in [1.29, 1.82) is 0 Å². The van der Waals surface area contributed by atoms with Crippen molar-refractivity contribution in [2.24, 2.45) is 5.41 Å². The van der Waals surface area contributed by atoms with Gasteiger partial charge in [0.15, 0.2) is 0 Å². The number of benzene rings is 1. The van der Waals surface area contributed by atoms with Crippen LogP contribution in [0, 0.1) is 26.2 Å². The van der Waals surface area contributed by atoms with Crippen LogP contribution in [0.15, 0.2) is 6.07 Å². The molecule has 3 heteroatoms. The third kappa shape index (κ3) is 3.16. The van der Waals surface area contributed by atoms with Crippen molar-refractivity contribution in [3.05, 3.63) is 22.8 Å². The first kappa shape index (κ1) is 14.8. The normalized spacial score (nSPS) is 11.5. The van der Waals surface area contributed by atoms with Crippen LogP contribution in [0.5, 0.6) is 5.75 Å². The molecule has 0 radical (unpaired) electrons. The second-order valence-corrected chi connectivity index (χ2v) is 5.70. The highest BCUT2D eigenvalue weighted by molar-refractivity contribution is 5.63. The van der Waals surface area contributed by atoms with Crippen LogP contribution in [0.4, 0.5) is 5.69 Å². The quantitative estimate of drug-likeness (QED) is 0.845. The first-order chi connectivity index (χ1) is 8.32. The third-order valence-corrected chi connectivity index (χ3v) is 3.44. The topological polar surface area (TPSA) is 41.5 Å². The van der Waals surface area contributed by atoms with Crippen molar-refractivity contribution >= 4 is 5.69 Å². The molecule has 0 unspecified atom stereocenters. The number of aliphatic hydroxyl groups is 1. The summed E-state index contributed by atoms with van der Waals surface area (Å²) in [6.07, 6.45) is 0. The van der Waals surface area contributed by atoms with Crippen molar-refractivity contribution in [1.82, 2.24) is 0 Å². The maximum absolute atomic E-state index is 9.29. The Labute approximate surface area is 110 Å². The fourth-order valence-corrected chi connectivity index (χ4v) is 1.91. The number of hydrogen-bond acceptors (Lipinski definition) is 3. The van der Waals surface area contributed by atoms with Crippen LogP contribution < -0.4 is 10.1 Å². The minimum atomic E-state index is -0.118. The zero-order valence-electron chi connectivity index (χ0n) is 12.3. The minimum absolute atomic E-state index is 0.118. The fourth-order valence-electron chi connectivity index (χ4n) is 1.91. The SMILES string of the molecule is COc1cc(C)c(NCC(C)(C)CO)c(C)c1C. The van der Waals surface area contributed by atoms with E-state index in [0.29, 0.717) is 0 Å². The second kappa shape index (κ2) is 5.61. The summed E-state index contributed by atoms with van der Waals surface area (Å²) in [5.74, 6) is 0.928. The first-order valence-corrected chi connectivity index (χ1v) is 6.32. The average Bonchev–Trinajstić information content (AvgIpc) is 2.33. The molecule has 0 aliphatic heterocycles. The van der Waals surface area contributed by atoms with Gasteiger partial charge in [-0.25, -0.2) is 0 Å². The smallest absolute Gasteiger partial charge is 0.122 e. The van der Waals surface area contributed by atoms with E-state index in [0.717, 1.165) is 23.5 Å². The lowest BCUT2D eigenvalue weighted by Crippen LogP contribution is -2.27. The third-order valence-electron chi connectivity index (χ3n) is 3.44. The molecule has 1 aromatic carbocycles. The van der Waals surface area contributed by atoms with E-state index in [-0.39, 0.29) is 12.0 Å².